The number of nitrogens with zero attached hydrogens (tertiary/aromatic N) is 3. The summed E-state index contributed by atoms with van der Waals surface area (Å²) in [7, 11) is 0. The van der Waals surface area contributed by atoms with Gasteiger partial charge >= 0.3 is 12.3 Å². The molecule has 2 amide bonds. The average Bonchev–Trinajstić information content (AvgIpc) is 2.82. The van der Waals surface area contributed by atoms with Crippen molar-refractivity contribution < 1.29 is 27.9 Å². The predicted octanol–water partition coefficient (Wildman–Crippen LogP) is 4.09. The number of hydrogen-bond donors (Lipinski definition) is 3. The zero-order chi connectivity index (χ0) is 25.9. The van der Waals surface area contributed by atoms with Crippen LogP contribution in [-0.4, -0.2) is 38.5 Å². The number of carboxylic acid groups (broad SMARTS) is 1. The first kappa shape index (κ1) is 25.0. The van der Waals surface area contributed by atoms with Gasteiger partial charge in [-0.15, -0.1) is 0 Å². The molecule has 0 saturated heterocycles. The summed E-state index contributed by atoms with van der Waals surface area (Å²) in [6.45, 7) is 0.646. The van der Waals surface area contributed by atoms with E-state index < -0.39 is 23.7 Å². The smallest absolute Gasteiger partial charge is 0.419 e. The lowest BCUT2D eigenvalue weighted by Gasteiger charge is -2.26. The molecular formula is C25H24F3N5O3. The van der Waals surface area contributed by atoms with Gasteiger partial charge in [-0.1, -0.05) is 30.3 Å². The van der Waals surface area contributed by atoms with E-state index in [9.17, 15) is 27.9 Å². The topological polar surface area (TPSA) is 121 Å². The van der Waals surface area contributed by atoms with Crippen LogP contribution in [0.3, 0.4) is 0 Å². The number of amides is 2. The highest BCUT2D eigenvalue weighted by Crippen LogP contribution is 2.32. The molecule has 2 heterocycles. The van der Waals surface area contributed by atoms with Gasteiger partial charge in [-0.3, -0.25) is 4.79 Å². The third kappa shape index (κ3) is 5.91. The molecule has 1 aliphatic heterocycles. The Morgan fingerprint density at radius 1 is 1.08 bits per heavy atom. The molecule has 0 radical (unpaired) electrons. The molecule has 2 aromatic carbocycles. The lowest BCUT2D eigenvalue weighted by molar-refractivity contribution is -0.138. The Kier molecular flexibility index (Phi) is 7.09. The average molecular weight is 499 g/mol. The number of fused-ring (bicyclic) bond motifs is 1. The molecule has 0 aliphatic carbocycles. The van der Waals surface area contributed by atoms with E-state index in [1.54, 1.807) is 36.4 Å². The monoisotopic (exact) mass is 499 g/mol. The Balaban J connectivity index is 1.55. The molecule has 1 aromatic heterocycles. The maximum absolute atomic E-state index is 13.7. The molecule has 0 unspecified atom stereocenters. The van der Waals surface area contributed by atoms with E-state index in [1.807, 2.05) is 6.07 Å². The lowest BCUT2D eigenvalue weighted by atomic mass is 9.98. The Morgan fingerprint density at radius 2 is 1.83 bits per heavy atom. The minimum absolute atomic E-state index is 0.00142. The number of carbonyl (C=O) groups excluding carboxylic acids is 1. The van der Waals surface area contributed by atoms with E-state index in [0.717, 1.165) is 22.9 Å². The Morgan fingerprint density at radius 3 is 2.53 bits per heavy atom. The normalized spacial score (nSPS) is 13.2. The van der Waals surface area contributed by atoms with Crippen LogP contribution in [0.25, 0.3) is 0 Å². The quantitative estimate of drug-likeness (QED) is 0.450. The summed E-state index contributed by atoms with van der Waals surface area (Å²) in [4.78, 5) is 31.9. The summed E-state index contributed by atoms with van der Waals surface area (Å²) < 4.78 is 41.0. The van der Waals surface area contributed by atoms with Crippen molar-refractivity contribution in [2.45, 2.75) is 38.4 Å². The fourth-order valence-corrected chi connectivity index (χ4v) is 4.24. The number of hydrogen-bond acceptors (Lipinski definition) is 5. The maximum Gasteiger partial charge on any atom is 0.419 e. The predicted molar refractivity (Wildman–Crippen MR) is 126 cm³/mol. The number of halogens is 3. The van der Waals surface area contributed by atoms with Gasteiger partial charge in [0.15, 0.2) is 0 Å². The van der Waals surface area contributed by atoms with E-state index in [1.165, 1.54) is 4.90 Å². The van der Waals surface area contributed by atoms with Crippen molar-refractivity contribution in [3.63, 3.8) is 0 Å². The summed E-state index contributed by atoms with van der Waals surface area (Å²) in [5.41, 5.74) is 8.03. The van der Waals surface area contributed by atoms with Crippen molar-refractivity contribution in [3.05, 3.63) is 82.2 Å². The van der Waals surface area contributed by atoms with Crippen LogP contribution in [0, 0.1) is 0 Å². The third-order valence-corrected chi connectivity index (χ3v) is 6.03. The third-order valence-electron chi connectivity index (χ3n) is 6.03. The van der Waals surface area contributed by atoms with Crippen molar-refractivity contribution in [3.8, 4) is 0 Å². The second-order valence-electron chi connectivity index (χ2n) is 8.53. The van der Waals surface area contributed by atoms with Crippen LogP contribution in [0.15, 0.2) is 48.7 Å². The molecule has 4 rings (SSSR count). The number of alkyl halides is 3. The van der Waals surface area contributed by atoms with Gasteiger partial charge in [-0.25, -0.2) is 14.8 Å². The van der Waals surface area contributed by atoms with Gasteiger partial charge in [0.1, 0.15) is 0 Å². The van der Waals surface area contributed by atoms with Crippen LogP contribution >= 0.6 is 0 Å². The number of anilines is 2. The van der Waals surface area contributed by atoms with Gasteiger partial charge < -0.3 is 21.1 Å². The van der Waals surface area contributed by atoms with Crippen molar-refractivity contribution in [2.24, 2.45) is 5.73 Å². The van der Waals surface area contributed by atoms with Crippen molar-refractivity contribution in [1.29, 1.82) is 0 Å². The number of aryl methyl sites for hydroxylation is 2. The summed E-state index contributed by atoms with van der Waals surface area (Å²) >= 11 is 0. The van der Waals surface area contributed by atoms with Gasteiger partial charge in [0.25, 0.3) is 0 Å². The van der Waals surface area contributed by atoms with Gasteiger partial charge in [0.2, 0.25) is 11.9 Å². The van der Waals surface area contributed by atoms with Gasteiger partial charge in [0, 0.05) is 25.0 Å². The van der Waals surface area contributed by atoms with Crippen molar-refractivity contribution >= 4 is 23.6 Å². The number of aromatic nitrogens is 2. The van der Waals surface area contributed by atoms with Gasteiger partial charge in [-0.05, 0) is 53.6 Å². The van der Waals surface area contributed by atoms with Crippen LogP contribution in [-0.2, 0) is 43.2 Å². The molecule has 4 N–H and O–H groups in total. The highest BCUT2D eigenvalue weighted by atomic mass is 19.4. The van der Waals surface area contributed by atoms with Crippen LogP contribution < -0.4 is 11.1 Å². The maximum atomic E-state index is 13.7. The second kappa shape index (κ2) is 10.2. The molecule has 0 fully saturated rings. The minimum Gasteiger partial charge on any atom is -0.465 e. The molecule has 0 bridgehead atoms. The van der Waals surface area contributed by atoms with Crippen LogP contribution in [0.1, 0.15) is 33.5 Å². The summed E-state index contributed by atoms with van der Waals surface area (Å²) in [5.74, 6) is -0.501. The highest BCUT2D eigenvalue weighted by molar-refractivity contribution is 5.77. The molecule has 1 aliphatic rings. The van der Waals surface area contributed by atoms with Crippen LogP contribution in [0.4, 0.5) is 29.6 Å². The first-order valence-corrected chi connectivity index (χ1v) is 11.2. The molecule has 3 aromatic rings. The number of nitrogens with two attached hydrogens (primary N) is 1. The van der Waals surface area contributed by atoms with Gasteiger partial charge in [0.05, 0.1) is 17.7 Å². The standard InChI is InChI=1S/C25H24F3N5O3/c26-25(27,28)20-13-30-23(31-19-7-5-18-14-33(24(35)36)10-9-17(18)11-19)32-21(20)8-6-15-3-1-2-4-16(15)12-22(29)34/h1-5,7,11,13H,6,8-10,12,14H2,(H2,29,34)(H,35,36)(H,30,31,32). The van der Waals surface area contributed by atoms with Crippen LogP contribution in [0.2, 0.25) is 0 Å². The molecule has 0 atom stereocenters. The largest absolute Gasteiger partial charge is 0.465 e. The second-order valence-corrected chi connectivity index (χ2v) is 8.53. The number of carbonyl (C=O) groups is 2. The van der Waals surface area contributed by atoms with Gasteiger partial charge in [-0.2, -0.15) is 13.2 Å². The first-order chi connectivity index (χ1) is 17.1. The van der Waals surface area contributed by atoms with Crippen LogP contribution in [0.5, 0.6) is 0 Å². The molecule has 36 heavy (non-hydrogen) atoms. The summed E-state index contributed by atoms with van der Waals surface area (Å²) in [5, 5.41) is 12.1. The highest BCUT2D eigenvalue weighted by Gasteiger charge is 2.35. The first-order valence-electron chi connectivity index (χ1n) is 11.2. The number of nitrogens with one attached hydrogen (secondary N) is 1. The number of benzene rings is 2. The fourth-order valence-electron chi connectivity index (χ4n) is 4.24. The zero-order valence-electron chi connectivity index (χ0n) is 19.2. The molecule has 8 nitrogen and oxygen atoms in total. The van der Waals surface area contributed by atoms with Crippen molar-refractivity contribution in [2.75, 3.05) is 11.9 Å². The molecule has 0 saturated carbocycles. The van der Waals surface area contributed by atoms with E-state index >= 15 is 0 Å². The number of primary amides is 1. The van der Waals surface area contributed by atoms with E-state index in [0.29, 0.717) is 24.2 Å². The summed E-state index contributed by atoms with van der Waals surface area (Å²) in [6.07, 6.45) is -4.08. The summed E-state index contributed by atoms with van der Waals surface area (Å²) in [6, 6.07) is 12.3. The van der Waals surface area contributed by atoms with E-state index in [-0.39, 0.29) is 37.4 Å². The minimum atomic E-state index is -4.62. The molecule has 188 valence electrons. The fraction of sp³-hybridized carbons (Fsp3) is 0.280. The molecule has 0 spiro atoms. The SMILES string of the molecule is NC(=O)Cc1ccccc1CCc1nc(Nc2ccc3c(c2)CCN(C(=O)O)C3)ncc1C(F)(F)F. The number of rotatable bonds is 7. The molecular weight excluding hydrogens is 475 g/mol. The zero-order valence-corrected chi connectivity index (χ0v) is 19.2. The van der Waals surface area contributed by atoms with E-state index in [2.05, 4.69) is 15.3 Å². The Bertz CT molecular complexity index is 1300. The Hall–Kier alpha value is -4.15. The molecule has 11 heteroatoms. The lowest BCUT2D eigenvalue weighted by Crippen LogP contribution is -2.34. The van der Waals surface area contributed by atoms with E-state index in [4.69, 9.17) is 5.73 Å². The Labute approximate surface area is 205 Å². The van der Waals surface area contributed by atoms with Crippen molar-refractivity contribution in [1.82, 2.24) is 14.9 Å².